The molecular formula is C22H22ClN3O. The maximum absolute atomic E-state index is 13.1. The Balaban J connectivity index is 1.45. The molecule has 2 heterocycles. The summed E-state index contributed by atoms with van der Waals surface area (Å²) in [5, 5.41) is 1.69. The van der Waals surface area contributed by atoms with Gasteiger partial charge in [0, 0.05) is 48.8 Å². The van der Waals surface area contributed by atoms with Crippen LogP contribution in [0.2, 0.25) is 5.02 Å². The Bertz CT molecular complexity index is 963. The van der Waals surface area contributed by atoms with E-state index < -0.39 is 0 Å². The zero-order valence-corrected chi connectivity index (χ0v) is 16.1. The second kappa shape index (κ2) is 7.67. The fraction of sp³-hybridized carbons (Fsp3) is 0.273. The summed E-state index contributed by atoms with van der Waals surface area (Å²) >= 11 is 5.96. The first-order chi connectivity index (χ1) is 13.1. The van der Waals surface area contributed by atoms with Crippen LogP contribution in [0.3, 0.4) is 0 Å². The van der Waals surface area contributed by atoms with Crippen LogP contribution in [-0.2, 0) is 6.54 Å². The van der Waals surface area contributed by atoms with E-state index in [0.29, 0.717) is 0 Å². The lowest BCUT2D eigenvalue weighted by Gasteiger charge is -2.35. The molecule has 2 aromatic carbocycles. The number of amides is 1. The van der Waals surface area contributed by atoms with Crippen molar-refractivity contribution in [1.82, 2.24) is 14.8 Å². The molecule has 0 bridgehead atoms. The molecule has 138 valence electrons. The van der Waals surface area contributed by atoms with Crippen molar-refractivity contribution in [3.05, 3.63) is 76.4 Å². The van der Waals surface area contributed by atoms with Crippen molar-refractivity contribution in [2.75, 3.05) is 26.2 Å². The van der Waals surface area contributed by atoms with Gasteiger partial charge < -0.3 is 4.90 Å². The molecule has 27 heavy (non-hydrogen) atoms. The van der Waals surface area contributed by atoms with Gasteiger partial charge in [-0.05, 0) is 36.8 Å². The van der Waals surface area contributed by atoms with Crippen molar-refractivity contribution in [3.8, 4) is 0 Å². The van der Waals surface area contributed by atoms with Crippen LogP contribution in [0, 0.1) is 6.92 Å². The van der Waals surface area contributed by atoms with Crippen molar-refractivity contribution < 1.29 is 4.79 Å². The smallest absolute Gasteiger partial charge is 0.254 e. The van der Waals surface area contributed by atoms with Crippen LogP contribution in [0.1, 0.15) is 21.6 Å². The molecule has 0 saturated carbocycles. The molecular weight excluding hydrogens is 358 g/mol. The number of aryl methyl sites for hydroxylation is 1. The number of rotatable bonds is 3. The molecule has 3 aromatic rings. The summed E-state index contributed by atoms with van der Waals surface area (Å²) in [4.78, 5) is 22.0. The predicted octanol–water partition coefficient (Wildman–Crippen LogP) is 4.15. The summed E-state index contributed by atoms with van der Waals surface area (Å²) in [7, 11) is 0. The molecule has 1 saturated heterocycles. The summed E-state index contributed by atoms with van der Waals surface area (Å²) in [5.41, 5.74) is 3.75. The predicted molar refractivity (Wildman–Crippen MR) is 109 cm³/mol. The van der Waals surface area contributed by atoms with Gasteiger partial charge in [-0.3, -0.25) is 14.7 Å². The lowest BCUT2D eigenvalue weighted by molar-refractivity contribution is 0.0630. The van der Waals surface area contributed by atoms with Gasteiger partial charge in [-0.2, -0.15) is 0 Å². The third-order valence-corrected chi connectivity index (χ3v) is 5.31. The number of hydrogen-bond donors (Lipinski definition) is 0. The maximum atomic E-state index is 13.1. The summed E-state index contributed by atoms with van der Waals surface area (Å²) < 4.78 is 0. The van der Waals surface area contributed by atoms with Gasteiger partial charge in [-0.25, -0.2) is 0 Å². The largest absolute Gasteiger partial charge is 0.336 e. The van der Waals surface area contributed by atoms with Crippen molar-refractivity contribution in [2.24, 2.45) is 0 Å². The minimum absolute atomic E-state index is 0.0999. The minimum atomic E-state index is 0.0999. The zero-order valence-electron chi connectivity index (χ0n) is 15.4. The Morgan fingerprint density at radius 1 is 1.04 bits per heavy atom. The number of aromatic nitrogens is 1. The van der Waals surface area contributed by atoms with Gasteiger partial charge in [0.05, 0.1) is 11.1 Å². The normalized spacial score (nSPS) is 15.3. The van der Waals surface area contributed by atoms with Gasteiger partial charge in [-0.15, -0.1) is 0 Å². The SMILES string of the molecule is Cc1cc(C(=O)N2CCN(Cc3ccc(Cl)cc3)CC2)c2ccccc2n1. The number of pyridine rings is 1. The monoisotopic (exact) mass is 379 g/mol. The molecule has 1 fully saturated rings. The number of fused-ring (bicyclic) bond motifs is 1. The fourth-order valence-electron chi connectivity index (χ4n) is 3.61. The van der Waals surface area contributed by atoms with E-state index in [4.69, 9.17) is 11.6 Å². The third-order valence-electron chi connectivity index (χ3n) is 5.05. The van der Waals surface area contributed by atoms with Gasteiger partial charge in [-0.1, -0.05) is 41.9 Å². The van der Waals surface area contributed by atoms with Crippen molar-refractivity contribution in [3.63, 3.8) is 0 Å². The maximum Gasteiger partial charge on any atom is 0.254 e. The zero-order chi connectivity index (χ0) is 18.8. The van der Waals surface area contributed by atoms with E-state index in [0.717, 1.165) is 59.9 Å². The first-order valence-corrected chi connectivity index (χ1v) is 9.60. The standard InChI is InChI=1S/C22H22ClN3O/c1-16-14-20(19-4-2-3-5-21(19)24-16)22(27)26-12-10-25(11-13-26)15-17-6-8-18(23)9-7-17/h2-9,14H,10-13,15H2,1H3. The highest BCUT2D eigenvalue weighted by Gasteiger charge is 2.23. The summed E-state index contributed by atoms with van der Waals surface area (Å²) in [6.07, 6.45) is 0. The van der Waals surface area contributed by atoms with E-state index >= 15 is 0 Å². The second-order valence-electron chi connectivity index (χ2n) is 7.02. The first-order valence-electron chi connectivity index (χ1n) is 9.22. The summed E-state index contributed by atoms with van der Waals surface area (Å²) in [6, 6.07) is 17.7. The molecule has 0 N–H and O–H groups in total. The molecule has 4 nitrogen and oxygen atoms in total. The van der Waals surface area contributed by atoms with Crippen LogP contribution >= 0.6 is 11.6 Å². The molecule has 0 radical (unpaired) electrons. The molecule has 0 atom stereocenters. The van der Waals surface area contributed by atoms with E-state index in [1.165, 1.54) is 5.56 Å². The molecule has 1 aliphatic heterocycles. The van der Waals surface area contributed by atoms with Crippen LogP contribution in [0.25, 0.3) is 10.9 Å². The Kier molecular flexibility index (Phi) is 5.10. The lowest BCUT2D eigenvalue weighted by Crippen LogP contribution is -2.48. The Hall–Kier alpha value is -2.43. The second-order valence-corrected chi connectivity index (χ2v) is 7.46. The minimum Gasteiger partial charge on any atom is -0.336 e. The molecule has 1 aromatic heterocycles. The average molecular weight is 380 g/mol. The Labute approximate surface area is 164 Å². The Morgan fingerprint density at radius 3 is 2.48 bits per heavy atom. The number of benzene rings is 2. The van der Waals surface area contributed by atoms with E-state index in [2.05, 4.69) is 22.0 Å². The van der Waals surface area contributed by atoms with Gasteiger partial charge in [0.2, 0.25) is 0 Å². The first kappa shape index (κ1) is 18.0. The highest BCUT2D eigenvalue weighted by Crippen LogP contribution is 2.21. The third kappa shape index (κ3) is 3.97. The fourth-order valence-corrected chi connectivity index (χ4v) is 3.74. The summed E-state index contributed by atoms with van der Waals surface area (Å²) in [6.45, 7) is 6.04. The van der Waals surface area contributed by atoms with E-state index in [9.17, 15) is 4.79 Å². The molecule has 5 heteroatoms. The number of carbonyl (C=O) groups excluding carboxylic acids is 1. The number of halogens is 1. The molecule has 0 spiro atoms. The number of carbonyl (C=O) groups is 1. The number of nitrogens with zero attached hydrogens (tertiary/aromatic N) is 3. The van der Waals surface area contributed by atoms with E-state index in [1.54, 1.807) is 0 Å². The van der Waals surface area contributed by atoms with Crippen LogP contribution in [-0.4, -0.2) is 46.9 Å². The highest BCUT2D eigenvalue weighted by atomic mass is 35.5. The average Bonchev–Trinajstić information content (AvgIpc) is 2.69. The van der Waals surface area contributed by atoms with Crippen LogP contribution < -0.4 is 0 Å². The van der Waals surface area contributed by atoms with Crippen LogP contribution in [0.15, 0.2) is 54.6 Å². The molecule has 4 rings (SSSR count). The number of para-hydroxylation sites is 1. The van der Waals surface area contributed by atoms with Gasteiger partial charge >= 0.3 is 0 Å². The number of hydrogen-bond acceptors (Lipinski definition) is 3. The van der Waals surface area contributed by atoms with Gasteiger partial charge in [0.1, 0.15) is 0 Å². The van der Waals surface area contributed by atoms with Gasteiger partial charge in [0.15, 0.2) is 0 Å². The quantitative estimate of drug-likeness (QED) is 0.685. The van der Waals surface area contributed by atoms with Crippen LogP contribution in [0.5, 0.6) is 0 Å². The summed E-state index contributed by atoms with van der Waals surface area (Å²) in [5.74, 6) is 0.0999. The van der Waals surface area contributed by atoms with Crippen molar-refractivity contribution in [1.29, 1.82) is 0 Å². The number of piperazine rings is 1. The van der Waals surface area contributed by atoms with Crippen molar-refractivity contribution >= 4 is 28.4 Å². The lowest BCUT2D eigenvalue weighted by atomic mass is 10.1. The Morgan fingerprint density at radius 2 is 1.74 bits per heavy atom. The van der Waals surface area contributed by atoms with Gasteiger partial charge in [0.25, 0.3) is 5.91 Å². The van der Waals surface area contributed by atoms with E-state index in [1.807, 2.05) is 54.3 Å². The highest BCUT2D eigenvalue weighted by molar-refractivity contribution is 6.30. The molecule has 0 unspecified atom stereocenters. The topological polar surface area (TPSA) is 36.4 Å². The van der Waals surface area contributed by atoms with E-state index in [-0.39, 0.29) is 5.91 Å². The molecule has 1 aliphatic rings. The molecule has 0 aliphatic carbocycles. The van der Waals surface area contributed by atoms with Crippen LogP contribution in [0.4, 0.5) is 0 Å². The molecule has 1 amide bonds. The van der Waals surface area contributed by atoms with Crippen molar-refractivity contribution in [2.45, 2.75) is 13.5 Å².